The minimum atomic E-state index is -0.691. The molecule has 0 aliphatic rings. The first-order valence-electron chi connectivity index (χ1n) is 9.41. The predicted molar refractivity (Wildman–Crippen MR) is 115 cm³/mol. The van der Waals surface area contributed by atoms with Crippen molar-refractivity contribution in [3.8, 4) is 28.5 Å². The number of nitrogens with one attached hydrogen (secondary N) is 1. The molecule has 146 valence electrons. The highest BCUT2D eigenvalue weighted by Crippen LogP contribution is 2.41. The molecule has 5 nitrogen and oxygen atoms in total. The van der Waals surface area contributed by atoms with Gasteiger partial charge in [-0.2, -0.15) is 5.26 Å². The smallest absolute Gasteiger partial charge is 0.414 e. The fourth-order valence-electron chi connectivity index (χ4n) is 3.15. The SMILES string of the molecule is N#Cc1c(NC(=O)OCc2ccccc2)oc(-c2ccccc2)c1-c1ccccc1. The van der Waals surface area contributed by atoms with Crippen LogP contribution in [0.1, 0.15) is 11.1 Å². The second-order valence-corrected chi connectivity index (χ2v) is 6.54. The van der Waals surface area contributed by atoms with Gasteiger partial charge in [0.2, 0.25) is 5.88 Å². The summed E-state index contributed by atoms with van der Waals surface area (Å²) in [7, 11) is 0. The largest absolute Gasteiger partial charge is 0.444 e. The van der Waals surface area contributed by atoms with Crippen LogP contribution in [0.15, 0.2) is 95.4 Å². The molecule has 3 aromatic carbocycles. The van der Waals surface area contributed by atoms with Gasteiger partial charge in [0.15, 0.2) is 0 Å². The zero-order valence-electron chi connectivity index (χ0n) is 16.0. The summed E-state index contributed by atoms with van der Waals surface area (Å²) >= 11 is 0. The lowest BCUT2D eigenvalue weighted by Crippen LogP contribution is -2.13. The normalized spacial score (nSPS) is 10.2. The molecule has 0 saturated heterocycles. The Labute approximate surface area is 174 Å². The average molecular weight is 394 g/mol. The topological polar surface area (TPSA) is 75.3 Å². The third kappa shape index (κ3) is 4.08. The van der Waals surface area contributed by atoms with Crippen LogP contribution in [0, 0.1) is 11.3 Å². The molecule has 0 fully saturated rings. The minimum Gasteiger partial charge on any atom is -0.444 e. The molecule has 1 heterocycles. The predicted octanol–water partition coefficient (Wildman–Crippen LogP) is 6.23. The number of furan rings is 1. The Balaban J connectivity index is 1.67. The summed E-state index contributed by atoms with van der Waals surface area (Å²) in [5, 5.41) is 12.4. The molecule has 5 heteroatoms. The van der Waals surface area contributed by atoms with E-state index in [0.29, 0.717) is 11.3 Å². The summed E-state index contributed by atoms with van der Waals surface area (Å²) in [6, 6.07) is 30.5. The van der Waals surface area contributed by atoms with Crippen molar-refractivity contribution in [3.63, 3.8) is 0 Å². The van der Waals surface area contributed by atoms with Crippen molar-refractivity contribution in [3.05, 3.63) is 102 Å². The summed E-state index contributed by atoms with van der Waals surface area (Å²) in [4.78, 5) is 12.3. The van der Waals surface area contributed by atoms with E-state index in [1.54, 1.807) is 0 Å². The number of nitrogens with zero attached hydrogens (tertiary/aromatic N) is 1. The summed E-state index contributed by atoms with van der Waals surface area (Å²) in [5.41, 5.74) is 3.36. The maximum Gasteiger partial charge on any atom is 0.414 e. The van der Waals surface area contributed by atoms with E-state index in [-0.39, 0.29) is 18.1 Å². The first kappa shape index (κ1) is 19.0. The molecule has 1 N–H and O–H groups in total. The van der Waals surface area contributed by atoms with Crippen LogP contribution in [0.3, 0.4) is 0 Å². The third-order valence-electron chi connectivity index (χ3n) is 4.55. The van der Waals surface area contributed by atoms with Gasteiger partial charge in [-0.1, -0.05) is 91.0 Å². The Morgan fingerprint density at radius 3 is 2.03 bits per heavy atom. The van der Waals surface area contributed by atoms with E-state index in [0.717, 1.165) is 16.7 Å². The summed E-state index contributed by atoms with van der Waals surface area (Å²) in [6.07, 6.45) is -0.691. The van der Waals surface area contributed by atoms with Crippen LogP contribution < -0.4 is 5.32 Å². The Morgan fingerprint density at radius 2 is 1.43 bits per heavy atom. The molecular formula is C25H18N2O3. The highest BCUT2D eigenvalue weighted by molar-refractivity contribution is 5.93. The molecule has 0 aliphatic heterocycles. The minimum absolute atomic E-state index is 0.0632. The number of rotatable bonds is 5. The lowest BCUT2D eigenvalue weighted by molar-refractivity contribution is 0.154. The first-order chi connectivity index (χ1) is 14.8. The van der Waals surface area contributed by atoms with Crippen molar-refractivity contribution < 1.29 is 13.9 Å². The third-order valence-corrected chi connectivity index (χ3v) is 4.55. The molecule has 1 amide bonds. The maximum absolute atomic E-state index is 12.3. The van der Waals surface area contributed by atoms with E-state index in [9.17, 15) is 10.1 Å². The molecule has 1 aromatic heterocycles. The number of hydrogen-bond donors (Lipinski definition) is 1. The van der Waals surface area contributed by atoms with Crippen LogP contribution in [-0.2, 0) is 11.3 Å². The molecule has 0 radical (unpaired) electrons. The molecule has 0 bridgehead atoms. The number of carbonyl (C=O) groups is 1. The Bertz CT molecular complexity index is 1180. The number of benzene rings is 3. The van der Waals surface area contributed by atoms with E-state index in [1.807, 2.05) is 91.0 Å². The number of anilines is 1. The zero-order valence-corrected chi connectivity index (χ0v) is 16.0. The van der Waals surface area contributed by atoms with E-state index in [4.69, 9.17) is 9.15 Å². The van der Waals surface area contributed by atoms with Gasteiger partial charge in [-0.25, -0.2) is 4.79 Å². The summed E-state index contributed by atoms with van der Waals surface area (Å²) in [6.45, 7) is 0.117. The molecule has 0 unspecified atom stereocenters. The van der Waals surface area contributed by atoms with Crippen LogP contribution in [0.2, 0.25) is 0 Å². The Morgan fingerprint density at radius 1 is 0.867 bits per heavy atom. The summed E-state index contributed by atoms with van der Waals surface area (Å²) < 4.78 is 11.2. The second-order valence-electron chi connectivity index (χ2n) is 6.54. The maximum atomic E-state index is 12.3. The number of ether oxygens (including phenoxy) is 1. The first-order valence-corrected chi connectivity index (χ1v) is 9.41. The molecule has 0 aliphatic carbocycles. The number of carbonyl (C=O) groups excluding carboxylic acids is 1. The van der Waals surface area contributed by atoms with E-state index >= 15 is 0 Å². The van der Waals surface area contributed by atoms with Crippen LogP contribution in [0.25, 0.3) is 22.5 Å². The molecule has 0 saturated carbocycles. The van der Waals surface area contributed by atoms with Gasteiger partial charge in [-0.05, 0) is 11.1 Å². The van der Waals surface area contributed by atoms with E-state index < -0.39 is 6.09 Å². The van der Waals surface area contributed by atoms with Gasteiger partial charge in [0.25, 0.3) is 0 Å². The standard InChI is InChI=1S/C25H18N2O3/c26-16-21-22(19-12-6-2-7-13-19)23(20-14-8-3-9-15-20)30-24(21)27-25(28)29-17-18-10-4-1-5-11-18/h1-15H,17H2,(H,27,28). The van der Waals surface area contributed by atoms with Crippen LogP contribution in [0.4, 0.5) is 10.7 Å². The highest BCUT2D eigenvalue weighted by Gasteiger charge is 2.24. The van der Waals surface area contributed by atoms with Crippen molar-refractivity contribution in [1.29, 1.82) is 5.26 Å². The molecule has 0 spiro atoms. The quantitative estimate of drug-likeness (QED) is 0.435. The average Bonchev–Trinajstić information content (AvgIpc) is 3.17. The monoisotopic (exact) mass is 394 g/mol. The second kappa shape index (κ2) is 8.80. The number of nitriles is 1. The molecule has 4 aromatic rings. The lowest BCUT2D eigenvalue weighted by Gasteiger charge is -2.05. The fraction of sp³-hybridized carbons (Fsp3) is 0.0400. The van der Waals surface area contributed by atoms with Crippen molar-refractivity contribution in [2.45, 2.75) is 6.61 Å². The number of amides is 1. The Hall–Kier alpha value is -4.30. The Kier molecular flexibility index (Phi) is 5.59. The molecule has 30 heavy (non-hydrogen) atoms. The van der Waals surface area contributed by atoms with Crippen molar-refractivity contribution in [2.75, 3.05) is 5.32 Å². The number of hydrogen-bond acceptors (Lipinski definition) is 4. The van der Waals surface area contributed by atoms with E-state index in [2.05, 4.69) is 11.4 Å². The molecule has 0 atom stereocenters. The van der Waals surface area contributed by atoms with Gasteiger partial charge in [-0.15, -0.1) is 0 Å². The summed E-state index contributed by atoms with van der Waals surface area (Å²) in [5.74, 6) is 0.574. The van der Waals surface area contributed by atoms with Crippen LogP contribution >= 0.6 is 0 Å². The van der Waals surface area contributed by atoms with Crippen molar-refractivity contribution in [2.24, 2.45) is 0 Å². The van der Waals surface area contributed by atoms with Crippen molar-refractivity contribution >= 4 is 12.0 Å². The van der Waals surface area contributed by atoms with Crippen molar-refractivity contribution in [1.82, 2.24) is 0 Å². The molecule has 4 rings (SSSR count). The van der Waals surface area contributed by atoms with Gasteiger partial charge in [0, 0.05) is 11.1 Å². The van der Waals surface area contributed by atoms with Gasteiger partial charge in [-0.3, -0.25) is 5.32 Å². The highest BCUT2D eigenvalue weighted by atomic mass is 16.5. The van der Waals surface area contributed by atoms with Gasteiger partial charge >= 0.3 is 6.09 Å². The fourth-order valence-corrected chi connectivity index (χ4v) is 3.15. The van der Waals surface area contributed by atoms with Crippen LogP contribution in [0.5, 0.6) is 0 Å². The molecular weight excluding hydrogens is 376 g/mol. The zero-order chi connectivity index (χ0) is 20.8. The van der Waals surface area contributed by atoms with Gasteiger partial charge in [0.05, 0.1) is 0 Å². The van der Waals surface area contributed by atoms with Crippen LogP contribution in [-0.4, -0.2) is 6.09 Å². The lowest BCUT2D eigenvalue weighted by atomic mass is 9.98. The van der Waals surface area contributed by atoms with Gasteiger partial charge in [0.1, 0.15) is 24.0 Å². The van der Waals surface area contributed by atoms with E-state index in [1.165, 1.54) is 0 Å². The van der Waals surface area contributed by atoms with Gasteiger partial charge < -0.3 is 9.15 Å².